The topological polar surface area (TPSA) is 78.9 Å². The summed E-state index contributed by atoms with van der Waals surface area (Å²) in [5, 5.41) is 14.3. The third-order valence-corrected chi connectivity index (χ3v) is 5.77. The molecule has 1 spiro atoms. The van der Waals surface area contributed by atoms with Crippen LogP contribution in [0.4, 0.5) is 0 Å². The Balaban J connectivity index is 1.81. The van der Waals surface area contributed by atoms with E-state index in [1.807, 2.05) is 38.1 Å². The molecule has 0 saturated heterocycles. The summed E-state index contributed by atoms with van der Waals surface area (Å²) in [5.74, 6) is -0.0975. The fourth-order valence-electron chi connectivity index (χ4n) is 4.30. The molecule has 1 aliphatic carbocycles. The van der Waals surface area contributed by atoms with Gasteiger partial charge in [0, 0.05) is 11.5 Å². The van der Waals surface area contributed by atoms with Gasteiger partial charge in [0.05, 0.1) is 24.1 Å². The lowest BCUT2D eigenvalue weighted by Crippen LogP contribution is -2.38. The van der Waals surface area contributed by atoms with Crippen LogP contribution in [0, 0.1) is 5.41 Å². The largest absolute Gasteiger partial charge is 0.465 e. The maximum atomic E-state index is 13.0. The van der Waals surface area contributed by atoms with Gasteiger partial charge in [-0.25, -0.2) is 9.86 Å². The van der Waals surface area contributed by atoms with Crippen LogP contribution in [0.2, 0.25) is 0 Å². The summed E-state index contributed by atoms with van der Waals surface area (Å²) >= 11 is 0. The van der Waals surface area contributed by atoms with E-state index in [0.717, 1.165) is 21.8 Å². The summed E-state index contributed by atoms with van der Waals surface area (Å²) < 4.78 is 4.79. The fraction of sp³-hybridized carbons (Fsp3) is 0.368. The number of methoxy groups -OCH3 is 1. The maximum absolute atomic E-state index is 13.0. The number of hydroxylamine groups is 2. The molecule has 1 amide bonds. The van der Waals surface area contributed by atoms with Crippen molar-refractivity contribution in [1.29, 1.82) is 0 Å². The van der Waals surface area contributed by atoms with E-state index < -0.39 is 5.41 Å². The number of esters is 1. The summed E-state index contributed by atoms with van der Waals surface area (Å²) in [6.07, 6.45) is 4.32. The average molecular weight is 340 g/mol. The quantitative estimate of drug-likeness (QED) is 0.766. The first kappa shape index (κ1) is 15.9. The molecule has 3 aliphatic rings. The molecule has 0 saturated carbocycles. The first-order valence-electron chi connectivity index (χ1n) is 8.33. The molecule has 0 bridgehead atoms. The Morgan fingerprint density at radius 1 is 1.40 bits per heavy atom. The van der Waals surface area contributed by atoms with Crippen LogP contribution in [0.1, 0.15) is 41.3 Å². The molecule has 130 valence electrons. The number of nitrogens with one attached hydrogen (secondary N) is 1. The number of hydrogen-bond donors (Lipinski definition) is 2. The summed E-state index contributed by atoms with van der Waals surface area (Å²) in [6.45, 7) is 3.87. The van der Waals surface area contributed by atoms with Crippen LogP contribution in [-0.4, -0.2) is 35.3 Å². The van der Waals surface area contributed by atoms with Crippen molar-refractivity contribution in [1.82, 2.24) is 10.4 Å². The van der Waals surface area contributed by atoms with Crippen molar-refractivity contribution in [3.63, 3.8) is 0 Å². The first-order chi connectivity index (χ1) is 11.9. The lowest BCUT2D eigenvalue weighted by Gasteiger charge is -2.31. The van der Waals surface area contributed by atoms with Gasteiger partial charge in [0.1, 0.15) is 5.82 Å². The molecule has 3 atom stereocenters. The number of benzene rings is 1. The molecule has 4 rings (SSSR count). The predicted molar refractivity (Wildman–Crippen MR) is 89.7 cm³/mol. The van der Waals surface area contributed by atoms with Crippen molar-refractivity contribution in [2.75, 3.05) is 7.11 Å². The number of carbonyl (C=O) groups is 2. The number of nitrogens with zero attached hydrogens (tertiary/aromatic N) is 1. The predicted octanol–water partition coefficient (Wildman–Crippen LogP) is 2.11. The van der Waals surface area contributed by atoms with E-state index >= 15 is 0 Å². The molecular weight excluding hydrogens is 320 g/mol. The Kier molecular flexibility index (Phi) is 3.30. The van der Waals surface area contributed by atoms with Crippen LogP contribution in [0.15, 0.2) is 41.7 Å². The van der Waals surface area contributed by atoms with Gasteiger partial charge in [-0.3, -0.25) is 10.0 Å². The normalized spacial score (nSPS) is 29.8. The molecular formula is C19H20N2O4. The van der Waals surface area contributed by atoms with Crippen LogP contribution in [0.3, 0.4) is 0 Å². The number of carbonyl (C=O) groups excluding carboxylic acids is 2. The molecule has 6 heteroatoms. The molecule has 2 aliphatic heterocycles. The molecule has 2 N–H and O–H groups in total. The van der Waals surface area contributed by atoms with Crippen LogP contribution >= 0.6 is 0 Å². The molecule has 0 aromatic heterocycles. The highest BCUT2D eigenvalue weighted by molar-refractivity contribution is 5.95. The van der Waals surface area contributed by atoms with E-state index in [1.165, 1.54) is 7.11 Å². The van der Waals surface area contributed by atoms with Gasteiger partial charge < -0.3 is 10.1 Å². The van der Waals surface area contributed by atoms with Gasteiger partial charge in [0.2, 0.25) is 5.91 Å². The minimum Gasteiger partial charge on any atom is -0.465 e. The van der Waals surface area contributed by atoms with Crippen molar-refractivity contribution >= 4 is 11.9 Å². The third-order valence-electron chi connectivity index (χ3n) is 5.77. The van der Waals surface area contributed by atoms with Gasteiger partial charge in [0.15, 0.2) is 0 Å². The van der Waals surface area contributed by atoms with Crippen LogP contribution in [0.5, 0.6) is 0 Å². The molecule has 6 nitrogen and oxygen atoms in total. The van der Waals surface area contributed by atoms with E-state index in [4.69, 9.17) is 4.74 Å². The molecule has 2 heterocycles. The second-order valence-electron chi connectivity index (χ2n) is 6.94. The van der Waals surface area contributed by atoms with Crippen LogP contribution in [0.25, 0.3) is 0 Å². The Labute approximate surface area is 145 Å². The molecule has 1 aromatic carbocycles. The summed E-state index contributed by atoms with van der Waals surface area (Å²) in [6, 6.07) is 5.25. The van der Waals surface area contributed by atoms with Gasteiger partial charge in [-0.05, 0) is 36.6 Å². The highest BCUT2D eigenvalue weighted by Crippen LogP contribution is 2.56. The first-order valence-corrected chi connectivity index (χ1v) is 8.33. The number of hydrogen-bond acceptors (Lipinski definition) is 5. The lowest BCUT2D eigenvalue weighted by molar-refractivity contribution is -0.129. The number of amides is 1. The van der Waals surface area contributed by atoms with Crippen molar-refractivity contribution in [3.05, 3.63) is 58.4 Å². The average Bonchev–Trinajstić information content (AvgIpc) is 3.06. The molecule has 1 aromatic rings. The smallest absolute Gasteiger partial charge is 0.337 e. The second kappa shape index (κ2) is 5.20. The van der Waals surface area contributed by atoms with Gasteiger partial charge in [0.25, 0.3) is 0 Å². The summed E-state index contributed by atoms with van der Waals surface area (Å²) in [5.41, 5.74) is 2.55. The zero-order valence-electron chi connectivity index (χ0n) is 14.4. The van der Waals surface area contributed by atoms with Crippen molar-refractivity contribution in [3.8, 4) is 0 Å². The molecule has 3 unspecified atom stereocenters. The number of ether oxygens (including phenoxy) is 1. The zero-order valence-corrected chi connectivity index (χ0v) is 14.4. The molecule has 0 radical (unpaired) electrons. The number of rotatable bonds is 1. The Bertz CT molecular complexity index is 857. The maximum Gasteiger partial charge on any atom is 0.337 e. The highest BCUT2D eigenvalue weighted by Gasteiger charge is 2.57. The van der Waals surface area contributed by atoms with Gasteiger partial charge >= 0.3 is 5.97 Å². The van der Waals surface area contributed by atoms with E-state index in [-0.39, 0.29) is 23.8 Å². The van der Waals surface area contributed by atoms with E-state index in [0.29, 0.717) is 17.8 Å². The van der Waals surface area contributed by atoms with Crippen molar-refractivity contribution in [2.45, 2.75) is 32.2 Å². The van der Waals surface area contributed by atoms with E-state index in [9.17, 15) is 14.8 Å². The Morgan fingerprint density at radius 2 is 2.16 bits per heavy atom. The summed E-state index contributed by atoms with van der Waals surface area (Å²) in [4.78, 5) is 24.8. The second-order valence-corrected chi connectivity index (χ2v) is 6.94. The monoisotopic (exact) mass is 340 g/mol. The van der Waals surface area contributed by atoms with Crippen LogP contribution in [-0.2, 0) is 16.0 Å². The van der Waals surface area contributed by atoms with Gasteiger partial charge in [-0.1, -0.05) is 25.1 Å². The zero-order chi connectivity index (χ0) is 17.9. The minimum absolute atomic E-state index is 0.0619. The van der Waals surface area contributed by atoms with Crippen LogP contribution < -0.4 is 5.32 Å². The van der Waals surface area contributed by atoms with E-state index in [1.54, 1.807) is 6.07 Å². The molecule has 0 fully saturated rings. The van der Waals surface area contributed by atoms with Gasteiger partial charge in [-0.2, -0.15) is 0 Å². The van der Waals surface area contributed by atoms with E-state index in [2.05, 4.69) is 5.32 Å². The standard InChI is InChI=1S/C19H20N2O4/c1-10-4-7-15-16(21(10)24)20-18(23)19(15)9-13-8-12(17(22)25-3)5-6-14(13)11(19)2/h4-8,10-11,24H,9H2,1-3H3,(H,20,23). The lowest BCUT2D eigenvalue weighted by atomic mass is 9.71. The molecule has 25 heavy (non-hydrogen) atoms. The van der Waals surface area contributed by atoms with Crippen molar-refractivity contribution in [2.24, 2.45) is 5.41 Å². The Morgan fingerprint density at radius 3 is 2.88 bits per heavy atom. The highest BCUT2D eigenvalue weighted by atomic mass is 16.5. The van der Waals surface area contributed by atoms with Crippen molar-refractivity contribution < 1.29 is 19.5 Å². The fourth-order valence-corrected chi connectivity index (χ4v) is 4.30. The third kappa shape index (κ3) is 1.94. The number of allylic oxidation sites excluding steroid dienone is 1. The van der Waals surface area contributed by atoms with Gasteiger partial charge in [-0.15, -0.1) is 0 Å². The Hall–Kier alpha value is -2.60. The summed E-state index contributed by atoms with van der Waals surface area (Å²) in [7, 11) is 1.35. The number of fused-ring (bicyclic) bond motifs is 2. The minimum atomic E-state index is -0.760. The SMILES string of the molecule is COC(=O)c1ccc2c(c1)CC1(C(=O)NC3=C1C=CC(C)N3O)C2C.